The van der Waals surface area contributed by atoms with Crippen LogP contribution in [0.3, 0.4) is 0 Å². The van der Waals surface area contributed by atoms with Gasteiger partial charge in [-0.1, -0.05) is 87.9 Å². The molecule has 0 heterocycles. The number of hydrogen-bond donors (Lipinski definition) is 3. The molecule has 3 unspecified atom stereocenters. The van der Waals surface area contributed by atoms with E-state index >= 15 is 0 Å². The number of hydrogen-bond acceptors (Lipinski definition) is 3. The molecule has 0 radical (unpaired) electrons. The van der Waals surface area contributed by atoms with Gasteiger partial charge in [-0.3, -0.25) is 9.59 Å². The maximum Gasteiger partial charge on any atom is 0.237 e. The number of amides is 2. The van der Waals surface area contributed by atoms with E-state index in [-0.39, 0.29) is 36.2 Å². The predicted octanol–water partition coefficient (Wildman–Crippen LogP) is 4.79. The van der Waals surface area contributed by atoms with E-state index in [2.05, 4.69) is 26.1 Å². The Kier molecular flexibility index (Phi) is 10.1. The Morgan fingerprint density at radius 1 is 1.03 bits per heavy atom. The van der Waals surface area contributed by atoms with Crippen LogP contribution < -0.4 is 16.8 Å². The molecule has 2 amide bonds. The van der Waals surface area contributed by atoms with Gasteiger partial charge in [0.1, 0.15) is 0 Å². The summed E-state index contributed by atoms with van der Waals surface area (Å²) in [5.74, 6) is 0.471. The molecule has 1 aliphatic rings. The zero-order valence-electron chi connectivity index (χ0n) is 20.6. The minimum absolute atomic E-state index is 0. The van der Waals surface area contributed by atoms with Crippen LogP contribution in [0.2, 0.25) is 0 Å². The summed E-state index contributed by atoms with van der Waals surface area (Å²) in [6, 6.07) is 18.6. The minimum Gasteiger partial charge on any atom is -0.369 e. The van der Waals surface area contributed by atoms with Crippen LogP contribution in [0, 0.1) is 23.2 Å². The Bertz CT molecular complexity index is 922. The topological polar surface area (TPSA) is 98.2 Å². The van der Waals surface area contributed by atoms with Crippen LogP contribution in [0.1, 0.15) is 63.6 Å². The van der Waals surface area contributed by atoms with Gasteiger partial charge in [0.2, 0.25) is 11.8 Å². The molecule has 1 fully saturated rings. The van der Waals surface area contributed by atoms with Gasteiger partial charge in [-0.25, -0.2) is 0 Å². The Hall–Kier alpha value is -2.37. The summed E-state index contributed by atoms with van der Waals surface area (Å²) in [6.07, 6.45) is 3.78. The van der Waals surface area contributed by atoms with Crippen LogP contribution >= 0.6 is 12.4 Å². The van der Waals surface area contributed by atoms with Crippen molar-refractivity contribution in [2.45, 2.75) is 65.0 Å². The van der Waals surface area contributed by atoms with Crippen LogP contribution in [-0.4, -0.2) is 17.9 Å². The fourth-order valence-electron chi connectivity index (χ4n) is 5.75. The molecule has 0 bridgehead atoms. The molecule has 2 aromatic rings. The molecule has 0 aromatic heterocycles. The quantitative estimate of drug-likeness (QED) is 0.476. The number of carbonyl (C=O) groups excluding carboxylic acids is 2. The summed E-state index contributed by atoms with van der Waals surface area (Å²) in [4.78, 5) is 26.2. The monoisotopic (exact) mass is 485 g/mol. The molecule has 6 heteroatoms. The third kappa shape index (κ3) is 6.61. The van der Waals surface area contributed by atoms with E-state index in [1.54, 1.807) is 0 Å². The van der Waals surface area contributed by atoms with Crippen LogP contribution in [-0.2, 0) is 16.0 Å². The second kappa shape index (κ2) is 12.4. The zero-order chi connectivity index (χ0) is 24.0. The second-order valence-electron chi connectivity index (χ2n) is 10.2. The van der Waals surface area contributed by atoms with Crippen molar-refractivity contribution < 1.29 is 9.59 Å². The van der Waals surface area contributed by atoms with Crippen molar-refractivity contribution in [3.63, 3.8) is 0 Å². The maximum atomic E-state index is 13.2. The van der Waals surface area contributed by atoms with Gasteiger partial charge in [0.25, 0.3) is 0 Å². The molecular formula is C28H40ClN3O2. The summed E-state index contributed by atoms with van der Waals surface area (Å²) in [7, 11) is 0. The van der Waals surface area contributed by atoms with Crippen molar-refractivity contribution in [2.24, 2.45) is 34.6 Å². The standard InChI is InChI=1S/C28H39N3O2.ClH/c1-19(2)23-15-14-20(3)17-28(23,27(30)33)18-25(22-12-8-5-9-13-22)31-26(32)24(29)16-21-10-6-4-7-11-21;/h4-13,19-20,23-25H,14-18,29H2,1-3H3,(H2,30,33)(H,31,32);1H/t20?,23?,24-,25+,28?;/m0./s1. The lowest BCUT2D eigenvalue weighted by atomic mass is 9.57. The highest BCUT2D eigenvalue weighted by atomic mass is 35.5. The molecule has 1 aliphatic carbocycles. The van der Waals surface area contributed by atoms with E-state index in [0.717, 1.165) is 30.4 Å². The molecule has 0 saturated heterocycles. The average molecular weight is 486 g/mol. The lowest BCUT2D eigenvalue weighted by Crippen LogP contribution is -2.52. The summed E-state index contributed by atoms with van der Waals surface area (Å²) in [5.41, 5.74) is 13.8. The minimum atomic E-state index is -0.672. The van der Waals surface area contributed by atoms with E-state index in [1.165, 1.54) is 0 Å². The highest BCUT2D eigenvalue weighted by Gasteiger charge is 2.50. The Labute approximate surface area is 210 Å². The van der Waals surface area contributed by atoms with Gasteiger partial charge in [0, 0.05) is 0 Å². The van der Waals surface area contributed by atoms with Gasteiger partial charge in [0.05, 0.1) is 17.5 Å². The fourth-order valence-corrected chi connectivity index (χ4v) is 5.75. The number of rotatable bonds is 9. The molecule has 2 aromatic carbocycles. The molecule has 5 nitrogen and oxygen atoms in total. The van der Waals surface area contributed by atoms with Crippen LogP contribution in [0.4, 0.5) is 0 Å². The molecule has 0 spiro atoms. The van der Waals surface area contributed by atoms with Crippen molar-refractivity contribution in [3.8, 4) is 0 Å². The predicted molar refractivity (Wildman–Crippen MR) is 140 cm³/mol. The van der Waals surface area contributed by atoms with E-state index in [4.69, 9.17) is 11.5 Å². The molecule has 3 rings (SSSR count). The Balaban J connectivity index is 0.00000408. The SMILES string of the molecule is CC1CCC(C(C)C)C(C[C@@H](NC(=O)[C@@H](N)Cc2ccccc2)c2ccccc2)(C(N)=O)C1.Cl. The number of halogens is 1. The third-order valence-electron chi connectivity index (χ3n) is 7.41. The number of nitrogens with two attached hydrogens (primary N) is 2. The first-order chi connectivity index (χ1) is 15.7. The van der Waals surface area contributed by atoms with Crippen LogP contribution in [0.5, 0.6) is 0 Å². The number of nitrogens with one attached hydrogen (secondary N) is 1. The largest absolute Gasteiger partial charge is 0.369 e. The van der Waals surface area contributed by atoms with Crippen molar-refractivity contribution in [1.29, 1.82) is 0 Å². The first kappa shape index (κ1) is 27.9. The average Bonchev–Trinajstić information content (AvgIpc) is 2.79. The van der Waals surface area contributed by atoms with E-state index in [0.29, 0.717) is 24.7 Å². The van der Waals surface area contributed by atoms with E-state index in [1.807, 2.05) is 60.7 Å². The Morgan fingerprint density at radius 2 is 1.62 bits per heavy atom. The molecular weight excluding hydrogens is 446 g/mol. The molecule has 5 N–H and O–H groups in total. The van der Waals surface area contributed by atoms with Gasteiger partial charge >= 0.3 is 0 Å². The fraction of sp³-hybridized carbons (Fsp3) is 0.500. The summed E-state index contributed by atoms with van der Waals surface area (Å²) in [5, 5.41) is 3.18. The van der Waals surface area contributed by atoms with Crippen LogP contribution in [0.25, 0.3) is 0 Å². The van der Waals surface area contributed by atoms with Gasteiger partial charge in [-0.15, -0.1) is 12.4 Å². The molecule has 5 atom stereocenters. The first-order valence-electron chi connectivity index (χ1n) is 12.2. The summed E-state index contributed by atoms with van der Waals surface area (Å²) in [6.45, 7) is 6.54. The van der Waals surface area contributed by atoms with Gasteiger partial charge in [-0.05, 0) is 54.6 Å². The highest BCUT2D eigenvalue weighted by Crippen LogP contribution is 2.51. The number of carbonyl (C=O) groups is 2. The lowest BCUT2D eigenvalue weighted by molar-refractivity contribution is -0.138. The van der Waals surface area contributed by atoms with Crippen LogP contribution in [0.15, 0.2) is 60.7 Å². The number of benzene rings is 2. The van der Waals surface area contributed by atoms with Gasteiger partial charge in [0.15, 0.2) is 0 Å². The molecule has 1 saturated carbocycles. The molecule has 186 valence electrons. The third-order valence-corrected chi connectivity index (χ3v) is 7.41. The molecule has 34 heavy (non-hydrogen) atoms. The summed E-state index contributed by atoms with van der Waals surface area (Å²) < 4.78 is 0. The second-order valence-corrected chi connectivity index (χ2v) is 10.2. The summed E-state index contributed by atoms with van der Waals surface area (Å²) >= 11 is 0. The van der Waals surface area contributed by atoms with Crippen molar-refractivity contribution in [2.75, 3.05) is 0 Å². The normalized spacial score (nSPS) is 24.0. The van der Waals surface area contributed by atoms with Crippen molar-refractivity contribution in [1.82, 2.24) is 5.32 Å². The highest BCUT2D eigenvalue weighted by molar-refractivity contribution is 5.85. The van der Waals surface area contributed by atoms with E-state index < -0.39 is 11.5 Å². The maximum absolute atomic E-state index is 13.2. The first-order valence-corrected chi connectivity index (χ1v) is 12.2. The van der Waals surface area contributed by atoms with Gasteiger partial charge < -0.3 is 16.8 Å². The number of primary amides is 1. The Morgan fingerprint density at radius 3 is 2.18 bits per heavy atom. The smallest absolute Gasteiger partial charge is 0.237 e. The lowest BCUT2D eigenvalue weighted by Gasteiger charge is -2.48. The molecule has 0 aliphatic heterocycles. The van der Waals surface area contributed by atoms with Gasteiger partial charge in [-0.2, -0.15) is 0 Å². The van der Waals surface area contributed by atoms with Crippen molar-refractivity contribution in [3.05, 3.63) is 71.8 Å². The van der Waals surface area contributed by atoms with Crippen molar-refractivity contribution >= 4 is 24.2 Å². The van der Waals surface area contributed by atoms with E-state index in [9.17, 15) is 9.59 Å². The zero-order valence-corrected chi connectivity index (χ0v) is 21.4.